The molecule has 0 saturated carbocycles. The fourth-order valence-corrected chi connectivity index (χ4v) is 2.62. The third-order valence-corrected chi connectivity index (χ3v) is 4.05. The third-order valence-electron chi connectivity index (χ3n) is 4.05. The third kappa shape index (κ3) is 4.36. The second-order valence-electron chi connectivity index (χ2n) is 5.91. The molecule has 3 aromatic carbocycles. The quantitative estimate of drug-likeness (QED) is 0.682. The molecule has 6 nitrogen and oxygen atoms in total. The van der Waals surface area contributed by atoms with Gasteiger partial charge < -0.3 is 9.47 Å². The SMILES string of the molecule is COc1ccccc1C(=O)NNC(=O)C(C)Oc1ccc2ccccc2c1. The first kappa shape index (κ1) is 18.3. The molecule has 0 heterocycles. The molecule has 0 aliphatic carbocycles. The lowest BCUT2D eigenvalue weighted by Gasteiger charge is -2.16. The fraction of sp³-hybridized carbons (Fsp3) is 0.143. The van der Waals surface area contributed by atoms with Gasteiger partial charge in [0.2, 0.25) is 0 Å². The molecule has 2 amide bonds. The number of rotatable bonds is 5. The van der Waals surface area contributed by atoms with Crippen LogP contribution in [0, 0.1) is 0 Å². The minimum absolute atomic E-state index is 0.323. The van der Waals surface area contributed by atoms with Crippen molar-refractivity contribution in [3.63, 3.8) is 0 Å². The van der Waals surface area contributed by atoms with Gasteiger partial charge in [0.1, 0.15) is 11.5 Å². The van der Waals surface area contributed by atoms with Gasteiger partial charge in [-0.15, -0.1) is 0 Å². The Morgan fingerprint density at radius 3 is 2.37 bits per heavy atom. The van der Waals surface area contributed by atoms with Gasteiger partial charge in [0.15, 0.2) is 6.10 Å². The van der Waals surface area contributed by atoms with Gasteiger partial charge in [0, 0.05) is 0 Å². The van der Waals surface area contributed by atoms with E-state index < -0.39 is 17.9 Å². The highest BCUT2D eigenvalue weighted by atomic mass is 16.5. The Labute approximate surface area is 157 Å². The van der Waals surface area contributed by atoms with E-state index in [-0.39, 0.29) is 0 Å². The van der Waals surface area contributed by atoms with Crippen molar-refractivity contribution in [2.24, 2.45) is 0 Å². The molecular weight excluding hydrogens is 344 g/mol. The smallest absolute Gasteiger partial charge is 0.279 e. The number of para-hydroxylation sites is 1. The number of hydrazine groups is 1. The van der Waals surface area contributed by atoms with E-state index in [2.05, 4.69) is 10.9 Å². The number of amides is 2. The second-order valence-corrected chi connectivity index (χ2v) is 5.91. The van der Waals surface area contributed by atoms with E-state index in [1.54, 1.807) is 37.3 Å². The van der Waals surface area contributed by atoms with E-state index in [0.29, 0.717) is 17.1 Å². The first-order chi connectivity index (χ1) is 13.1. The maximum atomic E-state index is 12.2. The Bertz CT molecular complexity index is 971. The van der Waals surface area contributed by atoms with Crippen LogP contribution in [0.1, 0.15) is 17.3 Å². The number of carbonyl (C=O) groups is 2. The van der Waals surface area contributed by atoms with E-state index in [4.69, 9.17) is 9.47 Å². The van der Waals surface area contributed by atoms with E-state index in [0.717, 1.165) is 10.8 Å². The minimum Gasteiger partial charge on any atom is -0.496 e. The van der Waals surface area contributed by atoms with Crippen LogP contribution >= 0.6 is 0 Å². The van der Waals surface area contributed by atoms with Crippen LogP contribution in [0.3, 0.4) is 0 Å². The molecule has 0 aliphatic rings. The first-order valence-electron chi connectivity index (χ1n) is 8.47. The number of carbonyl (C=O) groups excluding carboxylic acids is 2. The summed E-state index contributed by atoms with van der Waals surface area (Å²) in [5.41, 5.74) is 5.06. The summed E-state index contributed by atoms with van der Waals surface area (Å²) < 4.78 is 10.8. The van der Waals surface area contributed by atoms with Crippen molar-refractivity contribution < 1.29 is 19.1 Å². The van der Waals surface area contributed by atoms with Crippen LogP contribution in [0.2, 0.25) is 0 Å². The predicted molar refractivity (Wildman–Crippen MR) is 103 cm³/mol. The molecule has 0 aromatic heterocycles. The van der Waals surface area contributed by atoms with Crippen LogP contribution in [0.5, 0.6) is 11.5 Å². The standard InChI is InChI=1S/C21H20N2O4/c1-14(27-17-12-11-15-7-3-4-8-16(15)13-17)20(24)22-23-21(25)18-9-5-6-10-19(18)26-2/h3-14H,1-2H3,(H,22,24)(H,23,25). The van der Waals surface area contributed by atoms with Crippen LogP contribution in [0.15, 0.2) is 66.7 Å². The number of ether oxygens (including phenoxy) is 2. The summed E-state index contributed by atoms with van der Waals surface area (Å²) in [6.45, 7) is 1.61. The molecule has 0 bridgehead atoms. The number of methoxy groups -OCH3 is 1. The van der Waals surface area contributed by atoms with Crippen LogP contribution in [-0.4, -0.2) is 25.0 Å². The van der Waals surface area contributed by atoms with Crippen molar-refractivity contribution in [2.75, 3.05) is 7.11 Å². The van der Waals surface area contributed by atoms with E-state index in [1.165, 1.54) is 7.11 Å². The van der Waals surface area contributed by atoms with Gasteiger partial charge in [-0.05, 0) is 42.0 Å². The van der Waals surface area contributed by atoms with Crippen LogP contribution in [0.25, 0.3) is 10.8 Å². The zero-order chi connectivity index (χ0) is 19.2. The topological polar surface area (TPSA) is 76.7 Å². The van der Waals surface area contributed by atoms with Crippen LogP contribution < -0.4 is 20.3 Å². The van der Waals surface area contributed by atoms with Crippen molar-refractivity contribution in [1.29, 1.82) is 0 Å². The Morgan fingerprint density at radius 1 is 0.889 bits per heavy atom. The molecule has 2 N–H and O–H groups in total. The molecular formula is C21H20N2O4. The molecule has 27 heavy (non-hydrogen) atoms. The highest BCUT2D eigenvalue weighted by Crippen LogP contribution is 2.21. The summed E-state index contributed by atoms with van der Waals surface area (Å²) in [6, 6.07) is 20.2. The Balaban J connectivity index is 1.59. The molecule has 0 aliphatic heterocycles. The average Bonchev–Trinajstić information content (AvgIpc) is 2.71. The highest BCUT2D eigenvalue weighted by Gasteiger charge is 2.17. The molecule has 0 radical (unpaired) electrons. The maximum absolute atomic E-state index is 12.2. The molecule has 0 fully saturated rings. The van der Waals surface area contributed by atoms with Gasteiger partial charge in [-0.1, -0.05) is 42.5 Å². The minimum atomic E-state index is -0.788. The lowest BCUT2D eigenvalue weighted by Crippen LogP contribution is -2.47. The van der Waals surface area contributed by atoms with Gasteiger partial charge in [0.25, 0.3) is 11.8 Å². The highest BCUT2D eigenvalue weighted by molar-refractivity contribution is 5.98. The lowest BCUT2D eigenvalue weighted by atomic mass is 10.1. The summed E-state index contributed by atoms with van der Waals surface area (Å²) in [5.74, 6) is 0.0576. The summed E-state index contributed by atoms with van der Waals surface area (Å²) in [4.78, 5) is 24.4. The number of fused-ring (bicyclic) bond motifs is 1. The van der Waals surface area contributed by atoms with Crippen molar-refractivity contribution in [1.82, 2.24) is 10.9 Å². The van der Waals surface area contributed by atoms with Crippen molar-refractivity contribution in [3.8, 4) is 11.5 Å². The first-order valence-corrected chi connectivity index (χ1v) is 8.47. The zero-order valence-electron chi connectivity index (χ0n) is 15.1. The average molecular weight is 364 g/mol. The Kier molecular flexibility index (Phi) is 5.56. The second kappa shape index (κ2) is 8.23. The van der Waals surface area contributed by atoms with Crippen molar-refractivity contribution in [3.05, 3.63) is 72.3 Å². The Hall–Kier alpha value is -3.54. The molecule has 0 spiro atoms. The molecule has 3 aromatic rings. The van der Waals surface area contributed by atoms with E-state index in [9.17, 15) is 9.59 Å². The summed E-state index contributed by atoms with van der Waals surface area (Å²) in [7, 11) is 1.48. The molecule has 1 unspecified atom stereocenters. The van der Waals surface area contributed by atoms with Gasteiger partial charge in [-0.3, -0.25) is 20.4 Å². The zero-order valence-corrected chi connectivity index (χ0v) is 15.1. The van der Waals surface area contributed by atoms with Crippen LogP contribution in [0.4, 0.5) is 0 Å². The fourth-order valence-electron chi connectivity index (χ4n) is 2.62. The largest absolute Gasteiger partial charge is 0.496 e. The summed E-state index contributed by atoms with van der Waals surface area (Å²) in [5, 5.41) is 2.11. The maximum Gasteiger partial charge on any atom is 0.279 e. The van der Waals surface area contributed by atoms with Gasteiger partial charge in [-0.25, -0.2) is 0 Å². The van der Waals surface area contributed by atoms with Gasteiger partial charge in [-0.2, -0.15) is 0 Å². The van der Waals surface area contributed by atoms with Crippen LogP contribution in [-0.2, 0) is 4.79 Å². The Morgan fingerprint density at radius 2 is 1.59 bits per heavy atom. The normalized spacial score (nSPS) is 11.5. The summed E-state index contributed by atoms with van der Waals surface area (Å²) >= 11 is 0. The van der Waals surface area contributed by atoms with Crippen molar-refractivity contribution in [2.45, 2.75) is 13.0 Å². The summed E-state index contributed by atoms with van der Waals surface area (Å²) in [6.07, 6.45) is -0.788. The van der Waals surface area contributed by atoms with E-state index in [1.807, 2.05) is 36.4 Å². The predicted octanol–water partition coefficient (Wildman–Crippen LogP) is 3.08. The molecule has 3 rings (SSSR count). The number of nitrogens with one attached hydrogen (secondary N) is 2. The number of hydrogen-bond donors (Lipinski definition) is 2. The van der Waals surface area contributed by atoms with Crippen molar-refractivity contribution >= 4 is 22.6 Å². The monoisotopic (exact) mass is 364 g/mol. The molecule has 1 atom stereocenters. The van der Waals surface area contributed by atoms with E-state index >= 15 is 0 Å². The number of hydrogen-bond acceptors (Lipinski definition) is 4. The molecule has 0 saturated heterocycles. The molecule has 6 heteroatoms. The molecule has 138 valence electrons. The number of benzene rings is 3. The van der Waals surface area contributed by atoms with Gasteiger partial charge in [0.05, 0.1) is 12.7 Å². The van der Waals surface area contributed by atoms with Gasteiger partial charge >= 0.3 is 0 Å². The lowest BCUT2D eigenvalue weighted by molar-refractivity contribution is -0.128.